The number of benzene rings is 2. The van der Waals surface area contributed by atoms with Gasteiger partial charge in [0.1, 0.15) is 5.75 Å². The normalized spacial score (nSPS) is 20.3. The molecule has 1 saturated heterocycles. The fourth-order valence-electron chi connectivity index (χ4n) is 3.39. The Morgan fingerprint density at radius 3 is 2.77 bits per heavy atom. The summed E-state index contributed by atoms with van der Waals surface area (Å²) < 4.78 is 30.1. The number of alkyl halides is 2. The van der Waals surface area contributed by atoms with Gasteiger partial charge in [-0.3, -0.25) is 0 Å². The lowest BCUT2D eigenvalue weighted by Crippen LogP contribution is -2.45. The van der Waals surface area contributed by atoms with E-state index >= 15 is 0 Å². The zero-order valence-corrected chi connectivity index (χ0v) is 15.6. The number of piperidine rings is 1. The number of halogens is 2. The van der Waals surface area contributed by atoms with E-state index in [1.54, 1.807) is 23.9 Å². The van der Waals surface area contributed by atoms with Crippen molar-refractivity contribution in [1.82, 2.24) is 10.6 Å². The maximum absolute atomic E-state index is 12.7. The molecule has 3 nitrogen and oxygen atoms in total. The predicted molar refractivity (Wildman–Crippen MR) is 102 cm³/mol. The molecule has 0 unspecified atom stereocenters. The number of hydrogen-bond acceptors (Lipinski definition) is 4. The average Bonchev–Trinajstić information content (AvgIpc) is 2.67. The molecule has 2 aromatic carbocycles. The van der Waals surface area contributed by atoms with Gasteiger partial charge >= 0.3 is 6.61 Å². The third-order valence-corrected chi connectivity index (χ3v) is 5.38. The van der Waals surface area contributed by atoms with Crippen LogP contribution in [0.4, 0.5) is 8.78 Å². The largest absolute Gasteiger partial charge is 0.434 e. The summed E-state index contributed by atoms with van der Waals surface area (Å²) in [5.41, 5.74) is 2.00. The van der Waals surface area contributed by atoms with E-state index in [1.807, 2.05) is 30.5 Å². The Morgan fingerprint density at radius 2 is 2.04 bits per heavy atom. The van der Waals surface area contributed by atoms with Gasteiger partial charge in [-0.05, 0) is 49.4 Å². The molecule has 2 N–H and O–H groups in total. The molecule has 0 bridgehead atoms. The lowest BCUT2D eigenvalue weighted by molar-refractivity contribution is -0.0505. The van der Waals surface area contributed by atoms with Crippen molar-refractivity contribution in [2.75, 3.05) is 12.8 Å². The first kappa shape index (κ1) is 19.1. The second kappa shape index (κ2) is 9.35. The number of ether oxygens (including phenoxy) is 1. The summed E-state index contributed by atoms with van der Waals surface area (Å²) in [6.07, 6.45) is 4.10. The standard InChI is InChI=1S/C20H24F2N2OS/c1-26-16-9-10-18(25-20(21)22)15(12-16)13-24-17-8-5-11-23-19(17)14-6-3-2-4-7-14/h2-4,6-7,9-10,12,17,19-20,23-24H,5,8,11,13H2,1H3/t17-,19-/m1/s1. The van der Waals surface area contributed by atoms with Crippen LogP contribution in [0, 0.1) is 0 Å². The van der Waals surface area contributed by atoms with E-state index in [2.05, 4.69) is 22.8 Å². The molecule has 1 aliphatic heterocycles. The van der Waals surface area contributed by atoms with Gasteiger partial charge in [0.25, 0.3) is 0 Å². The first-order chi connectivity index (χ1) is 12.7. The van der Waals surface area contributed by atoms with Crippen molar-refractivity contribution in [2.45, 2.75) is 43.0 Å². The summed E-state index contributed by atoms with van der Waals surface area (Å²) in [6, 6.07) is 16.1. The summed E-state index contributed by atoms with van der Waals surface area (Å²) in [4.78, 5) is 1.03. The van der Waals surface area contributed by atoms with Gasteiger partial charge in [0, 0.05) is 29.1 Å². The molecule has 1 fully saturated rings. The molecule has 0 saturated carbocycles. The summed E-state index contributed by atoms with van der Waals surface area (Å²) >= 11 is 1.59. The maximum Gasteiger partial charge on any atom is 0.387 e. The topological polar surface area (TPSA) is 33.3 Å². The van der Waals surface area contributed by atoms with Crippen molar-refractivity contribution in [3.8, 4) is 5.75 Å². The molecule has 1 aliphatic rings. The van der Waals surface area contributed by atoms with Gasteiger partial charge in [0.2, 0.25) is 0 Å². The van der Waals surface area contributed by atoms with Crippen molar-refractivity contribution in [3.63, 3.8) is 0 Å². The van der Waals surface area contributed by atoms with Crippen LogP contribution in [-0.4, -0.2) is 25.5 Å². The molecular weight excluding hydrogens is 354 g/mol. The third-order valence-electron chi connectivity index (χ3n) is 4.66. The minimum Gasteiger partial charge on any atom is -0.434 e. The zero-order valence-electron chi connectivity index (χ0n) is 14.8. The lowest BCUT2D eigenvalue weighted by Gasteiger charge is -2.34. The van der Waals surface area contributed by atoms with Crippen LogP contribution in [0.15, 0.2) is 53.4 Å². The van der Waals surface area contributed by atoms with Crippen LogP contribution in [0.3, 0.4) is 0 Å². The van der Waals surface area contributed by atoms with Crippen LogP contribution < -0.4 is 15.4 Å². The van der Waals surface area contributed by atoms with Crippen LogP contribution in [0.2, 0.25) is 0 Å². The molecule has 3 rings (SSSR count). The highest BCUT2D eigenvalue weighted by atomic mass is 32.2. The van der Waals surface area contributed by atoms with Crippen molar-refractivity contribution in [3.05, 3.63) is 59.7 Å². The van der Waals surface area contributed by atoms with Crippen molar-refractivity contribution >= 4 is 11.8 Å². The molecule has 0 amide bonds. The Bertz CT molecular complexity index is 699. The van der Waals surface area contributed by atoms with Crippen molar-refractivity contribution in [2.24, 2.45) is 0 Å². The molecule has 0 spiro atoms. The summed E-state index contributed by atoms with van der Waals surface area (Å²) in [5, 5.41) is 7.13. The molecule has 2 atom stereocenters. The fraction of sp³-hybridized carbons (Fsp3) is 0.400. The van der Waals surface area contributed by atoms with Gasteiger partial charge < -0.3 is 15.4 Å². The third kappa shape index (κ3) is 4.96. The van der Waals surface area contributed by atoms with E-state index in [-0.39, 0.29) is 17.8 Å². The summed E-state index contributed by atoms with van der Waals surface area (Å²) in [6.45, 7) is -1.34. The predicted octanol–water partition coefficient (Wildman–Crippen LogP) is 4.59. The number of nitrogens with one attached hydrogen (secondary N) is 2. The van der Waals surface area contributed by atoms with Gasteiger partial charge in [-0.2, -0.15) is 8.78 Å². The first-order valence-electron chi connectivity index (χ1n) is 8.81. The minimum atomic E-state index is -2.82. The van der Waals surface area contributed by atoms with E-state index < -0.39 is 6.61 Å². The molecule has 0 aromatic heterocycles. The number of thioether (sulfide) groups is 1. The zero-order chi connectivity index (χ0) is 18.4. The smallest absolute Gasteiger partial charge is 0.387 e. The SMILES string of the molecule is CSc1ccc(OC(F)F)c(CN[C@@H]2CCCN[C@@H]2c2ccccc2)c1. The highest BCUT2D eigenvalue weighted by Gasteiger charge is 2.26. The van der Waals surface area contributed by atoms with Crippen LogP contribution in [0.1, 0.15) is 30.0 Å². The van der Waals surface area contributed by atoms with Gasteiger partial charge in [0.05, 0.1) is 0 Å². The van der Waals surface area contributed by atoms with Gasteiger partial charge in [0.15, 0.2) is 0 Å². The Hall–Kier alpha value is -1.63. The Kier molecular flexibility index (Phi) is 6.88. The Morgan fingerprint density at radius 1 is 1.23 bits per heavy atom. The molecule has 140 valence electrons. The molecule has 1 heterocycles. The highest BCUT2D eigenvalue weighted by Crippen LogP contribution is 2.28. The highest BCUT2D eigenvalue weighted by molar-refractivity contribution is 7.98. The van der Waals surface area contributed by atoms with Crippen LogP contribution >= 0.6 is 11.8 Å². The molecular formula is C20H24F2N2OS. The lowest BCUT2D eigenvalue weighted by atomic mass is 9.92. The van der Waals surface area contributed by atoms with Gasteiger partial charge in [-0.15, -0.1) is 11.8 Å². The minimum absolute atomic E-state index is 0.216. The molecule has 6 heteroatoms. The van der Waals surface area contributed by atoms with E-state index in [4.69, 9.17) is 4.74 Å². The van der Waals surface area contributed by atoms with Gasteiger partial charge in [-0.1, -0.05) is 30.3 Å². The first-order valence-corrected chi connectivity index (χ1v) is 10.0. The van der Waals surface area contributed by atoms with Crippen molar-refractivity contribution in [1.29, 1.82) is 0 Å². The molecule has 26 heavy (non-hydrogen) atoms. The maximum atomic E-state index is 12.7. The average molecular weight is 378 g/mol. The van der Waals surface area contributed by atoms with E-state index in [0.717, 1.165) is 29.8 Å². The molecule has 0 radical (unpaired) electrons. The molecule has 0 aliphatic carbocycles. The fourth-order valence-corrected chi connectivity index (χ4v) is 3.86. The van der Waals surface area contributed by atoms with E-state index in [0.29, 0.717) is 6.54 Å². The monoisotopic (exact) mass is 378 g/mol. The van der Waals surface area contributed by atoms with E-state index in [1.165, 1.54) is 5.56 Å². The van der Waals surface area contributed by atoms with Crippen LogP contribution in [0.5, 0.6) is 5.75 Å². The summed E-state index contributed by atoms with van der Waals surface area (Å²) in [5.74, 6) is 0.241. The van der Waals surface area contributed by atoms with E-state index in [9.17, 15) is 8.78 Å². The van der Waals surface area contributed by atoms with Crippen molar-refractivity contribution < 1.29 is 13.5 Å². The second-order valence-electron chi connectivity index (χ2n) is 6.32. The number of hydrogen-bond donors (Lipinski definition) is 2. The molecule has 2 aromatic rings. The second-order valence-corrected chi connectivity index (χ2v) is 7.20. The van der Waals surface area contributed by atoms with Crippen LogP contribution in [0.25, 0.3) is 0 Å². The van der Waals surface area contributed by atoms with Gasteiger partial charge in [-0.25, -0.2) is 0 Å². The number of rotatable bonds is 7. The Balaban J connectivity index is 1.74. The summed E-state index contributed by atoms with van der Waals surface area (Å²) in [7, 11) is 0. The quantitative estimate of drug-likeness (QED) is 0.691. The Labute approximate surface area is 157 Å². The van der Waals surface area contributed by atoms with Crippen LogP contribution in [-0.2, 0) is 6.54 Å².